The van der Waals surface area contributed by atoms with E-state index in [9.17, 15) is 4.79 Å². The molecule has 1 aromatic heterocycles. The number of carbonyl (C=O) groups excluding carboxylic acids is 1. The second-order valence-electron chi connectivity index (χ2n) is 6.92. The average molecular weight is 362 g/mol. The minimum atomic E-state index is -0.254. The molecule has 0 saturated carbocycles. The van der Waals surface area contributed by atoms with Crippen molar-refractivity contribution in [1.82, 2.24) is 10.3 Å². The van der Waals surface area contributed by atoms with E-state index in [0.29, 0.717) is 11.7 Å². The van der Waals surface area contributed by atoms with E-state index in [1.54, 1.807) is 7.11 Å². The molecule has 6 nitrogen and oxygen atoms in total. The average Bonchev–Trinajstić information content (AvgIpc) is 2.95. The zero-order valence-electron chi connectivity index (χ0n) is 15.3. The number of anilines is 2. The van der Waals surface area contributed by atoms with Gasteiger partial charge in [-0.15, -0.1) is 11.3 Å². The van der Waals surface area contributed by atoms with Crippen molar-refractivity contribution in [3.05, 3.63) is 35.3 Å². The second-order valence-corrected chi connectivity index (χ2v) is 7.78. The van der Waals surface area contributed by atoms with Gasteiger partial charge in [0, 0.05) is 29.7 Å². The molecular weight excluding hydrogens is 336 g/mol. The van der Waals surface area contributed by atoms with Crippen LogP contribution in [-0.2, 0) is 0 Å². The Balaban J connectivity index is 1.96. The molecule has 0 spiro atoms. The Morgan fingerprint density at radius 1 is 1.36 bits per heavy atom. The fourth-order valence-electron chi connectivity index (χ4n) is 2.24. The third-order valence-electron chi connectivity index (χ3n) is 3.76. The molecule has 25 heavy (non-hydrogen) atoms. The van der Waals surface area contributed by atoms with Crippen LogP contribution in [0.1, 0.15) is 26.5 Å². The summed E-state index contributed by atoms with van der Waals surface area (Å²) in [5.74, 6) is 0.794. The predicted octanol–water partition coefficient (Wildman–Crippen LogP) is 4.11. The van der Waals surface area contributed by atoms with Crippen molar-refractivity contribution in [2.75, 3.05) is 24.3 Å². The summed E-state index contributed by atoms with van der Waals surface area (Å²) in [7, 11) is 1.65. The number of rotatable bonds is 6. The van der Waals surface area contributed by atoms with Gasteiger partial charge in [0.1, 0.15) is 5.75 Å². The highest BCUT2D eigenvalue weighted by atomic mass is 32.1. The van der Waals surface area contributed by atoms with Gasteiger partial charge in [0.15, 0.2) is 5.13 Å². The zero-order chi connectivity index (χ0) is 18.4. The topological polar surface area (TPSA) is 75.3 Å². The first-order chi connectivity index (χ1) is 11.8. The van der Waals surface area contributed by atoms with Gasteiger partial charge in [-0.2, -0.15) is 0 Å². The Labute approximate surface area is 153 Å². The molecule has 0 saturated heterocycles. The van der Waals surface area contributed by atoms with Gasteiger partial charge < -0.3 is 15.4 Å². The van der Waals surface area contributed by atoms with Crippen LogP contribution in [0.3, 0.4) is 0 Å². The van der Waals surface area contributed by atoms with E-state index in [0.717, 1.165) is 17.1 Å². The number of hydrogen-bond acceptors (Lipinski definition) is 5. The number of nitrogens with one attached hydrogen (secondary N) is 3. The lowest BCUT2D eigenvalue weighted by Crippen LogP contribution is -2.45. The molecule has 0 radical (unpaired) electrons. The predicted molar refractivity (Wildman–Crippen MR) is 104 cm³/mol. The number of aryl methyl sites for hydroxylation is 1. The lowest BCUT2D eigenvalue weighted by molar-refractivity contribution is 0.248. The van der Waals surface area contributed by atoms with E-state index in [1.807, 2.05) is 36.6 Å². The smallest absolute Gasteiger partial charge is 0.321 e. The standard InChI is InChI=1S/C18H26N4O2S/c1-12-11-25-17(20-12)22-16(23)19-10-15(18(2,3)4)21-13-7-6-8-14(9-13)24-5/h6-9,11,15,21H,10H2,1-5H3,(H2,19,20,22,23)/t15-/m1/s1. The molecule has 1 atom stereocenters. The van der Waals surface area contributed by atoms with Crippen molar-refractivity contribution in [1.29, 1.82) is 0 Å². The van der Waals surface area contributed by atoms with Gasteiger partial charge in [-0.25, -0.2) is 9.78 Å². The summed E-state index contributed by atoms with van der Waals surface area (Å²) in [4.78, 5) is 16.3. The lowest BCUT2D eigenvalue weighted by atomic mass is 9.86. The number of nitrogens with zero attached hydrogens (tertiary/aromatic N) is 1. The molecule has 2 amide bonds. The van der Waals surface area contributed by atoms with Crippen LogP contribution in [0.4, 0.5) is 15.6 Å². The molecule has 0 bridgehead atoms. The monoisotopic (exact) mass is 362 g/mol. The van der Waals surface area contributed by atoms with Gasteiger partial charge in [0.25, 0.3) is 0 Å². The molecule has 2 rings (SSSR count). The van der Waals surface area contributed by atoms with Crippen LogP contribution in [0.5, 0.6) is 5.75 Å². The third kappa shape index (κ3) is 5.94. The molecular formula is C18H26N4O2S. The minimum Gasteiger partial charge on any atom is -0.497 e. The van der Waals surface area contributed by atoms with Gasteiger partial charge in [0.05, 0.1) is 12.8 Å². The molecule has 0 aliphatic carbocycles. The van der Waals surface area contributed by atoms with Crippen molar-refractivity contribution in [2.45, 2.75) is 33.7 Å². The van der Waals surface area contributed by atoms with E-state index in [1.165, 1.54) is 11.3 Å². The highest BCUT2D eigenvalue weighted by Crippen LogP contribution is 2.25. The second kappa shape index (κ2) is 8.20. The van der Waals surface area contributed by atoms with Crippen LogP contribution in [0.15, 0.2) is 29.6 Å². The van der Waals surface area contributed by atoms with Gasteiger partial charge in [-0.3, -0.25) is 5.32 Å². The van der Waals surface area contributed by atoms with E-state index in [2.05, 4.69) is 41.7 Å². The highest BCUT2D eigenvalue weighted by Gasteiger charge is 2.25. The van der Waals surface area contributed by atoms with Gasteiger partial charge in [0.2, 0.25) is 0 Å². The maximum Gasteiger partial charge on any atom is 0.321 e. The molecule has 3 N–H and O–H groups in total. The zero-order valence-corrected chi connectivity index (χ0v) is 16.2. The maximum atomic E-state index is 12.1. The molecule has 0 unspecified atom stereocenters. The first-order valence-electron chi connectivity index (χ1n) is 8.15. The van der Waals surface area contributed by atoms with Crippen molar-refractivity contribution in [2.24, 2.45) is 5.41 Å². The molecule has 0 fully saturated rings. The van der Waals surface area contributed by atoms with Crippen LogP contribution in [0, 0.1) is 12.3 Å². The van der Waals surface area contributed by atoms with Gasteiger partial charge in [-0.1, -0.05) is 26.8 Å². The number of urea groups is 1. The number of methoxy groups -OCH3 is 1. The fourth-order valence-corrected chi connectivity index (χ4v) is 2.92. The Morgan fingerprint density at radius 2 is 2.12 bits per heavy atom. The Morgan fingerprint density at radius 3 is 2.72 bits per heavy atom. The van der Waals surface area contributed by atoms with Crippen LogP contribution < -0.4 is 20.7 Å². The van der Waals surface area contributed by atoms with Crippen LogP contribution in [-0.4, -0.2) is 30.7 Å². The first kappa shape index (κ1) is 19.1. The molecule has 1 aromatic carbocycles. The summed E-state index contributed by atoms with van der Waals surface area (Å²) in [5.41, 5.74) is 1.80. The van der Waals surface area contributed by atoms with Gasteiger partial charge >= 0.3 is 6.03 Å². The van der Waals surface area contributed by atoms with Crippen LogP contribution in [0.2, 0.25) is 0 Å². The quantitative estimate of drug-likeness (QED) is 0.723. The maximum absolute atomic E-state index is 12.1. The Bertz CT molecular complexity index is 709. The Hall–Kier alpha value is -2.28. The van der Waals surface area contributed by atoms with E-state index in [-0.39, 0.29) is 17.5 Å². The number of ether oxygens (including phenoxy) is 1. The number of hydrogen-bond donors (Lipinski definition) is 3. The number of carbonyl (C=O) groups is 1. The summed E-state index contributed by atoms with van der Waals surface area (Å²) in [6, 6.07) is 7.56. The van der Waals surface area contributed by atoms with Crippen LogP contribution >= 0.6 is 11.3 Å². The highest BCUT2D eigenvalue weighted by molar-refractivity contribution is 7.13. The van der Waals surface area contributed by atoms with Crippen molar-refractivity contribution in [3.8, 4) is 5.75 Å². The molecule has 0 aliphatic heterocycles. The normalized spacial score (nSPS) is 12.4. The third-order valence-corrected chi connectivity index (χ3v) is 4.64. The summed E-state index contributed by atoms with van der Waals surface area (Å²) < 4.78 is 5.26. The summed E-state index contributed by atoms with van der Waals surface area (Å²) in [6.07, 6.45) is 0. The molecule has 136 valence electrons. The Kier molecular flexibility index (Phi) is 6.25. The van der Waals surface area contributed by atoms with Gasteiger partial charge in [-0.05, 0) is 24.5 Å². The SMILES string of the molecule is COc1cccc(N[C@H](CNC(=O)Nc2nc(C)cs2)C(C)(C)C)c1. The van der Waals surface area contributed by atoms with Crippen molar-refractivity contribution < 1.29 is 9.53 Å². The molecule has 1 heterocycles. The number of aromatic nitrogens is 1. The van der Waals surface area contributed by atoms with Crippen molar-refractivity contribution >= 4 is 28.2 Å². The fraction of sp³-hybridized carbons (Fsp3) is 0.444. The van der Waals surface area contributed by atoms with E-state index >= 15 is 0 Å². The first-order valence-corrected chi connectivity index (χ1v) is 9.03. The number of amides is 2. The van der Waals surface area contributed by atoms with Crippen LogP contribution in [0.25, 0.3) is 0 Å². The summed E-state index contributed by atoms with van der Waals surface area (Å²) in [6.45, 7) is 8.78. The summed E-state index contributed by atoms with van der Waals surface area (Å²) in [5, 5.41) is 11.7. The van der Waals surface area contributed by atoms with E-state index < -0.39 is 0 Å². The number of thiazole rings is 1. The molecule has 2 aromatic rings. The molecule has 0 aliphatic rings. The minimum absolute atomic E-state index is 0.0448. The summed E-state index contributed by atoms with van der Waals surface area (Å²) >= 11 is 1.41. The molecule has 7 heteroatoms. The number of benzene rings is 1. The van der Waals surface area contributed by atoms with Crippen molar-refractivity contribution in [3.63, 3.8) is 0 Å². The van der Waals surface area contributed by atoms with E-state index in [4.69, 9.17) is 4.74 Å². The largest absolute Gasteiger partial charge is 0.497 e. The lowest BCUT2D eigenvalue weighted by Gasteiger charge is -2.32.